The summed E-state index contributed by atoms with van der Waals surface area (Å²) in [6.45, 7) is 12.2. The van der Waals surface area contributed by atoms with Gasteiger partial charge in [-0.05, 0) is 54.4 Å². The van der Waals surface area contributed by atoms with Gasteiger partial charge in [0.25, 0.3) is 0 Å². The van der Waals surface area contributed by atoms with Gasteiger partial charge >= 0.3 is 12.2 Å². The lowest BCUT2D eigenvalue weighted by Gasteiger charge is -2.20. The summed E-state index contributed by atoms with van der Waals surface area (Å²) in [6, 6.07) is 0. The second-order valence-electron chi connectivity index (χ2n) is 7.27. The highest BCUT2D eigenvalue weighted by molar-refractivity contribution is 5.67. The number of hydrogen-bond acceptors (Lipinski definition) is 6. The van der Waals surface area contributed by atoms with E-state index in [-0.39, 0.29) is 12.2 Å². The minimum atomic E-state index is -0.461. The number of alkyl carbamates (subject to hydrolysis) is 2. The van der Waals surface area contributed by atoms with Crippen LogP contribution in [0.2, 0.25) is 0 Å². The van der Waals surface area contributed by atoms with Crippen molar-refractivity contribution in [3.05, 3.63) is 0 Å². The summed E-state index contributed by atoms with van der Waals surface area (Å²) < 4.78 is 10.3. The Morgan fingerprint density at radius 3 is 1.25 bits per heavy atom. The fourth-order valence-electron chi connectivity index (χ4n) is 1.61. The molecule has 2 amide bonds. The SMILES string of the molecule is CC(C)(C)OC(=O)NCCCCCCNC(=O)OC(C)(C)C.NN. The van der Waals surface area contributed by atoms with Crippen molar-refractivity contribution in [2.75, 3.05) is 13.1 Å². The van der Waals surface area contributed by atoms with Crippen molar-refractivity contribution in [3.63, 3.8) is 0 Å². The van der Waals surface area contributed by atoms with E-state index in [0.717, 1.165) is 25.7 Å². The van der Waals surface area contributed by atoms with E-state index in [1.54, 1.807) is 0 Å². The third-order valence-electron chi connectivity index (χ3n) is 2.44. The number of hydrogen-bond donors (Lipinski definition) is 4. The molecule has 0 unspecified atom stereocenters. The molecule has 0 spiro atoms. The Morgan fingerprint density at radius 2 is 1.00 bits per heavy atom. The van der Waals surface area contributed by atoms with E-state index in [1.807, 2.05) is 41.5 Å². The molecule has 0 heterocycles. The van der Waals surface area contributed by atoms with E-state index in [0.29, 0.717) is 13.1 Å². The third kappa shape index (κ3) is 20.5. The summed E-state index contributed by atoms with van der Waals surface area (Å²) in [5, 5.41) is 5.45. The largest absolute Gasteiger partial charge is 0.444 e. The van der Waals surface area contributed by atoms with Crippen molar-refractivity contribution >= 4 is 12.2 Å². The number of carbonyl (C=O) groups is 2. The van der Waals surface area contributed by atoms with Crippen molar-refractivity contribution in [3.8, 4) is 0 Å². The molecule has 0 aromatic rings. The third-order valence-corrected chi connectivity index (χ3v) is 2.44. The summed E-state index contributed by atoms with van der Waals surface area (Å²) >= 11 is 0. The highest BCUT2D eigenvalue weighted by atomic mass is 16.6. The molecular weight excluding hydrogens is 312 g/mol. The molecule has 0 saturated carbocycles. The molecule has 144 valence electrons. The van der Waals surface area contributed by atoms with Gasteiger partial charge in [-0.25, -0.2) is 9.59 Å². The first kappa shape index (κ1) is 24.7. The van der Waals surface area contributed by atoms with Gasteiger partial charge in [0.15, 0.2) is 0 Å². The van der Waals surface area contributed by atoms with E-state index < -0.39 is 11.2 Å². The molecule has 8 nitrogen and oxygen atoms in total. The van der Waals surface area contributed by atoms with Crippen LogP contribution in [0, 0.1) is 0 Å². The van der Waals surface area contributed by atoms with Gasteiger partial charge < -0.3 is 20.1 Å². The summed E-state index contributed by atoms with van der Waals surface area (Å²) in [6.07, 6.45) is 3.02. The standard InChI is InChI=1S/C16H32N2O4.H4N2/c1-15(2,3)21-13(19)17-11-9-7-8-10-12-18-14(20)22-16(4,5)6;1-2/h7-12H2,1-6H3,(H,17,19)(H,18,20);1-2H2. The first-order valence-electron chi connectivity index (χ1n) is 8.27. The van der Waals surface area contributed by atoms with Crippen LogP contribution in [-0.2, 0) is 9.47 Å². The van der Waals surface area contributed by atoms with Crippen LogP contribution >= 0.6 is 0 Å². The fourth-order valence-corrected chi connectivity index (χ4v) is 1.61. The van der Waals surface area contributed by atoms with Gasteiger partial charge in [-0.2, -0.15) is 0 Å². The number of unbranched alkanes of at least 4 members (excludes halogenated alkanes) is 3. The zero-order valence-electron chi connectivity index (χ0n) is 16.0. The zero-order valence-corrected chi connectivity index (χ0v) is 16.0. The minimum absolute atomic E-state index is 0.376. The van der Waals surface area contributed by atoms with Crippen molar-refractivity contribution < 1.29 is 19.1 Å². The molecule has 0 rings (SSSR count). The number of nitrogens with two attached hydrogens (primary N) is 2. The molecule has 0 aliphatic carbocycles. The normalized spacial score (nSPS) is 11.0. The van der Waals surface area contributed by atoms with Gasteiger partial charge in [0, 0.05) is 13.1 Å². The van der Waals surface area contributed by atoms with Gasteiger partial charge in [-0.3, -0.25) is 11.7 Å². The Morgan fingerprint density at radius 1 is 0.708 bits per heavy atom. The van der Waals surface area contributed by atoms with Crippen molar-refractivity contribution in [2.24, 2.45) is 11.7 Å². The zero-order chi connectivity index (χ0) is 19.2. The van der Waals surface area contributed by atoms with Gasteiger partial charge in [0.2, 0.25) is 0 Å². The number of carbonyl (C=O) groups excluding carboxylic acids is 2. The van der Waals surface area contributed by atoms with E-state index >= 15 is 0 Å². The van der Waals surface area contributed by atoms with Gasteiger partial charge in [0.1, 0.15) is 11.2 Å². The molecule has 0 atom stereocenters. The fraction of sp³-hybridized carbons (Fsp3) is 0.875. The average molecular weight is 348 g/mol. The van der Waals surface area contributed by atoms with E-state index in [1.165, 1.54) is 0 Å². The Hall–Kier alpha value is -1.54. The number of hydrazine groups is 1. The topological polar surface area (TPSA) is 129 Å². The predicted molar refractivity (Wildman–Crippen MR) is 95.3 cm³/mol. The maximum Gasteiger partial charge on any atom is 0.407 e. The minimum Gasteiger partial charge on any atom is -0.444 e. The van der Waals surface area contributed by atoms with Gasteiger partial charge in [-0.1, -0.05) is 12.8 Å². The molecule has 0 bridgehead atoms. The lowest BCUT2D eigenvalue weighted by Crippen LogP contribution is -2.33. The summed E-state index contributed by atoms with van der Waals surface area (Å²) in [5.74, 6) is 8.00. The first-order chi connectivity index (χ1) is 11.0. The number of rotatable bonds is 7. The molecule has 0 fully saturated rings. The van der Waals surface area contributed by atoms with Gasteiger partial charge in [0.05, 0.1) is 0 Å². The molecule has 0 saturated heterocycles. The molecule has 6 N–H and O–H groups in total. The molecule has 8 heteroatoms. The Labute approximate surface area is 146 Å². The number of ether oxygens (including phenoxy) is 2. The highest BCUT2D eigenvalue weighted by Crippen LogP contribution is 2.07. The summed E-state index contributed by atoms with van der Waals surface area (Å²) in [4.78, 5) is 22.8. The second-order valence-corrected chi connectivity index (χ2v) is 7.27. The van der Waals surface area contributed by atoms with Crippen molar-refractivity contribution in [2.45, 2.75) is 78.4 Å². The maximum absolute atomic E-state index is 11.4. The van der Waals surface area contributed by atoms with E-state index in [9.17, 15) is 9.59 Å². The van der Waals surface area contributed by atoms with E-state index in [2.05, 4.69) is 22.3 Å². The van der Waals surface area contributed by atoms with Crippen LogP contribution in [0.4, 0.5) is 9.59 Å². The van der Waals surface area contributed by atoms with Crippen LogP contribution in [0.3, 0.4) is 0 Å². The lowest BCUT2D eigenvalue weighted by molar-refractivity contribution is 0.0513. The molecule has 0 radical (unpaired) electrons. The van der Waals surface area contributed by atoms with Crippen LogP contribution in [0.25, 0.3) is 0 Å². The Kier molecular flexibility index (Phi) is 13.2. The molecular formula is C16H36N4O4. The molecule has 0 aromatic carbocycles. The highest BCUT2D eigenvalue weighted by Gasteiger charge is 2.16. The Balaban J connectivity index is 0. The molecule has 0 aromatic heterocycles. The number of amides is 2. The van der Waals surface area contributed by atoms with Crippen LogP contribution in [-0.4, -0.2) is 36.5 Å². The van der Waals surface area contributed by atoms with Crippen LogP contribution < -0.4 is 22.3 Å². The van der Waals surface area contributed by atoms with E-state index in [4.69, 9.17) is 9.47 Å². The molecule has 24 heavy (non-hydrogen) atoms. The Bertz CT molecular complexity index is 315. The second kappa shape index (κ2) is 12.8. The lowest BCUT2D eigenvalue weighted by atomic mass is 10.2. The summed E-state index contributed by atoms with van der Waals surface area (Å²) in [5.41, 5.74) is -0.922. The van der Waals surface area contributed by atoms with Crippen molar-refractivity contribution in [1.29, 1.82) is 0 Å². The maximum atomic E-state index is 11.4. The first-order valence-corrected chi connectivity index (χ1v) is 8.27. The average Bonchev–Trinajstić information content (AvgIpc) is 2.40. The number of nitrogens with one attached hydrogen (secondary N) is 2. The molecule has 0 aliphatic heterocycles. The predicted octanol–water partition coefficient (Wildman–Crippen LogP) is 2.42. The monoisotopic (exact) mass is 348 g/mol. The van der Waals surface area contributed by atoms with Gasteiger partial charge in [-0.15, -0.1) is 0 Å². The van der Waals surface area contributed by atoms with Crippen LogP contribution in [0.1, 0.15) is 67.2 Å². The molecule has 0 aliphatic rings. The smallest absolute Gasteiger partial charge is 0.407 e. The van der Waals surface area contributed by atoms with Crippen molar-refractivity contribution in [1.82, 2.24) is 10.6 Å². The summed E-state index contributed by atoms with van der Waals surface area (Å²) in [7, 11) is 0. The van der Waals surface area contributed by atoms with Crippen LogP contribution in [0.5, 0.6) is 0 Å². The van der Waals surface area contributed by atoms with Crippen LogP contribution in [0.15, 0.2) is 0 Å². The quantitative estimate of drug-likeness (QED) is 0.318.